The second kappa shape index (κ2) is 8.39. The molecule has 0 spiro atoms. The first-order valence-corrected chi connectivity index (χ1v) is 10.1. The number of carbonyl (C=O) groups excluding carboxylic acids is 4. The Kier molecular flexibility index (Phi) is 6.10. The number of ketones is 1. The fourth-order valence-electron chi connectivity index (χ4n) is 4.39. The molecule has 1 aliphatic heterocycles. The molecule has 1 saturated carbocycles. The molecule has 0 unspecified atom stereocenters. The predicted molar refractivity (Wildman–Crippen MR) is 104 cm³/mol. The summed E-state index contributed by atoms with van der Waals surface area (Å²) in [6, 6.07) is 0.223. The van der Waals surface area contributed by atoms with E-state index < -0.39 is 29.7 Å². The molecule has 2 fully saturated rings. The van der Waals surface area contributed by atoms with E-state index in [-0.39, 0.29) is 24.1 Å². The Hall–Kier alpha value is -2.64. The van der Waals surface area contributed by atoms with E-state index in [0.717, 1.165) is 25.7 Å². The number of methoxy groups -OCH3 is 1. The van der Waals surface area contributed by atoms with E-state index in [2.05, 4.69) is 4.98 Å². The maximum Gasteiger partial charge on any atom is 0.339 e. The van der Waals surface area contributed by atoms with Crippen molar-refractivity contribution in [2.24, 2.45) is 5.92 Å². The van der Waals surface area contributed by atoms with Crippen molar-refractivity contribution in [2.75, 3.05) is 13.7 Å². The lowest BCUT2D eigenvalue weighted by molar-refractivity contribution is -0.151. The Bertz CT molecular complexity index is 836. The van der Waals surface area contributed by atoms with Crippen molar-refractivity contribution < 1.29 is 28.7 Å². The van der Waals surface area contributed by atoms with E-state index in [0.29, 0.717) is 23.4 Å². The number of aromatic nitrogens is 1. The molecule has 0 aromatic carbocycles. The van der Waals surface area contributed by atoms with Crippen molar-refractivity contribution in [3.05, 3.63) is 22.5 Å². The smallest absolute Gasteiger partial charge is 0.339 e. The van der Waals surface area contributed by atoms with Gasteiger partial charge in [0.05, 0.1) is 24.3 Å². The highest BCUT2D eigenvalue weighted by Gasteiger charge is 2.40. The zero-order valence-electron chi connectivity index (χ0n) is 17.4. The van der Waals surface area contributed by atoms with Crippen LogP contribution in [0.5, 0.6) is 0 Å². The Morgan fingerprint density at radius 2 is 1.83 bits per heavy atom. The number of nitrogens with zero attached hydrogens (tertiary/aromatic N) is 1. The highest BCUT2D eigenvalue weighted by Crippen LogP contribution is 2.30. The molecular formula is C21H28N2O6. The van der Waals surface area contributed by atoms with Crippen LogP contribution in [0, 0.1) is 19.8 Å². The van der Waals surface area contributed by atoms with E-state index in [1.807, 2.05) is 0 Å². The third-order valence-corrected chi connectivity index (χ3v) is 5.99. The normalized spacial score (nSPS) is 20.8. The minimum atomic E-state index is -1.03. The monoisotopic (exact) mass is 404 g/mol. The molecule has 1 amide bonds. The van der Waals surface area contributed by atoms with Crippen molar-refractivity contribution in [2.45, 2.75) is 65.0 Å². The maximum atomic E-state index is 12.8. The van der Waals surface area contributed by atoms with Crippen LogP contribution in [-0.2, 0) is 19.1 Å². The van der Waals surface area contributed by atoms with Gasteiger partial charge in [-0.15, -0.1) is 0 Å². The van der Waals surface area contributed by atoms with Gasteiger partial charge in [-0.05, 0) is 39.2 Å². The molecule has 3 rings (SSSR count). The van der Waals surface area contributed by atoms with Crippen LogP contribution in [0.3, 0.4) is 0 Å². The number of aromatic amines is 1. The average molecular weight is 404 g/mol. The molecule has 8 heteroatoms. The number of H-pyrrole nitrogens is 1. The first kappa shape index (κ1) is 21.1. The zero-order valence-corrected chi connectivity index (χ0v) is 17.4. The van der Waals surface area contributed by atoms with Crippen LogP contribution in [-0.4, -0.2) is 59.3 Å². The van der Waals surface area contributed by atoms with Crippen molar-refractivity contribution in [1.82, 2.24) is 9.88 Å². The van der Waals surface area contributed by atoms with Gasteiger partial charge < -0.3 is 19.4 Å². The first-order chi connectivity index (χ1) is 13.7. The summed E-state index contributed by atoms with van der Waals surface area (Å²) in [5, 5.41) is 0. The molecule has 2 heterocycles. The van der Waals surface area contributed by atoms with Crippen LogP contribution in [0.4, 0.5) is 0 Å². The number of amides is 1. The second-order valence-electron chi connectivity index (χ2n) is 7.95. The number of esters is 2. The SMILES string of the molecule is COC(=O)c1c(C)[nH]c(C(=O)[C@H](C)OC(=O)[C@@H]2CC(=O)N(C3CCCC3)C2)c1C. The number of carbonyl (C=O) groups is 4. The molecule has 1 aliphatic carbocycles. The van der Waals surface area contributed by atoms with Crippen molar-refractivity contribution in [3.63, 3.8) is 0 Å². The quantitative estimate of drug-likeness (QED) is 0.576. The van der Waals surface area contributed by atoms with E-state index in [4.69, 9.17) is 9.47 Å². The van der Waals surface area contributed by atoms with E-state index in [1.54, 1.807) is 18.7 Å². The second-order valence-corrected chi connectivity index (χ2v) is 7.95. The largest absolute Gasteiger partial charge is 0.465 e. The van der Waals surface area contributed by atoms with E-state index in [1.165, 1.54) is 14.0 Å². The lowest BCUT2D eigenvalue weighted by Gasteiger charge is -2.24. The molecular weight excluding hydrogens is 376 g/mol. The molecule has 1 N–H and O–H groups in total. The Labute approximate surface area is 169 Å². The third kappa shape index (κ3) is 4.06. The first-order valence-electron chi connectivity index (χ1n) is 10.1. The summed E-state index contributed by atoms with van der Waals surface area (Å²) >= 11 is 0. The van der Waals surface area contributed by atoms with Crippen LogP contribution in [0.15, 0.2) is 0 Å². The van der Waals surface area contributed by atoms with Gasteiger partial charge in [0.15, 0.2) is 6.10 Å². The van der Waals surface area contributed by atoms with Gasteiger partial charge in [-0.2, -0.15) is 0 Å². The number of nitrogens with one attached hydrogen (secondary N) is 1. The van der Waals surface area contributed by atoms with Gasteiger partial charge in [0, 0.05) is 24.7 Å². The predicted octanol–water partition coefficient (Wildman–Crippen LogP) is 2.32. The number of likely N-dealkylation sites (tertiary alicyclic amines) is 1. The van der Waals surface area contributed by atoms with Gasteiger partial charge in [0.1, 0.15) is 0 Å². The summed E-state index contributed by atoms with van der Waals surface area (Å²) in [7, 11) is 1.28. The van der Waals surface area contributed by atoms with Crippen molar-refractivity contribution in [1.29, 1.82) is 0 Å². The Morgan fingerprint density at radius 3 is 2.45 bits per heavy atom. The lowest BCUT2D eigenvalue weighted by atomic mass is 10.1. The molecule has 29 heavy (non-hydrogen) atoms. The van der Waals surface area contributed by atoms with Crippen LogP contribution in [0.25, 0.3) is 0 Å². The maximum absolute atomic E-state index is 12.8. The number of Topliss-reactive ketones (excluding diaryl/α,β-unsaturated/α-hetero) is 1. The summed E-state index contributed by atoms with van der Waals surface area (Å²) < 4.78 is 10.2. The topological polar surface area (TPSA) is 106 Å². The van der Waals surface area contributed by atoms with E-state index >= 15 is 0 Å². The van der Waals surface area contributed by atoms with Gasteiger partial charge in [-0.25, -0.2) is 4.79 Å². The molecule has 1 aromatic rings. The molecule has 1 saturated heterocycles. The summed E-state index contributed by atoms with van der Waals surface area (Å²) in [4.78, 5) is 54.3. The fourth-order valence-corrected chi connectivity index (χ4v) is 4.39. The molecule has 1 aromatic heterocycles. The van der Waals surface area contributed by atoms with Gasteiger partial charge in [0.25, 0.3) is 0 Å². The highest BCUT2D eigenvalue weighted by molar-refractivity contribution is 6.04. The Balaban J connectivity index is 1.65. The summed E-state index contributed by atoms with van der Waals surface area (Å²) in [6.07, 6.45) is 3.28. The van der Waals surface area contributed by atoms with Gasteiger partial charge in [0.2, 0.25) is 11.7 Å². The van der Waals surface area contributed by atoms with Gasteiger partial charge >= 0.3 is 11.9 Å². The summed E-state index contributed by atoms with van der Waals surface area (Å²) in [5.74, 6) is -2.05. The van der Waals surface area contributed by atoms with Crippen LogP contribution < -0.4 is 0 Å². The van der Waals surface area contributed by atoms with Crippen molar-refractivity contribution >= 4 is 23.6 Å². The molecule has 0 radical (unpaired) electrons. The minimum Gasteiger partial charge on any atom is -0.465 e. The zero-order chi connectivity index (χ0) is 21.3. The number of hydrogen-bond donors (Lipinski definition) is 1. The summed E-state index contributed by atoms with van der Waals surface area (Å²) in [6.45, 7) is 5.18. The minimum absolute atomic E-state index is 0.0172. The van der Waals surface area contributed by atoms with Crippen molar-refractivity contribution in [3.8, 4) is 0 Å². The number of hydrogen-bond acceptors (Lipinski definition) is 6. The number of rotatable bonds is 6. The number of aryl methyl sites for hydroxylation is 1. The molecule has 158 valence electrons. The highest BCUT2D eigenvalue weighted by atomic mass is 16.5. The molecule has 2 aliphatic rings. The van der Waals surface area contributed by atoms with E-state index in [9.17, 15) is 19.2 Å². The fraction of sp³-hybridized carbons (Fsp3) is 0.619. The third-order valence-electron chi connectivity index (χ3n) is 5.99. The lowest BCUT2D eigenvalue weighted by Crippen LogP contribution is -2.35. The molecule has 0 bridgehead atoms. The Morgan fingerprint density at radius 1 is 1.17 bits per heavy atom. The molecule has 2 atom stereocenters. The van der Waals surface area contributed by atoms with Crippen LogP contribution >= 0.6 is 0 Å². The summed E-state index contributed by atoms with van der Waals surface area (Å²) in [5.41, 5.74) is 1.51. The van der Waals surface area contributed by atoms with Crippen LogP contribution in [0.1, 0.15) is 71.1 Å². The average Bonchev–Trinajstić information content (AvgIpc) is 3.40. The van der Waals surface area contributed by atoms with Crippen LogP contribution in [0.2, 0.25) is 0 Å². The number of ether oxygens (including phenoxy) is 2. The van der Waals surface area contributed by atoms with Gasteiger partial charge in [-0.3, -0.25) is 14.4 Å². The standard InChI is InChI=1S/C21H28N2O6/c1-11-17(21(27)28-4)12(2)22-18(11)19(25)13(3)29-20(26)14-9-16(24)23(10-14)15-7-5-6-8-15/h13-15,22H,5-10H2,1-4H3/t13-,14+/m0/s1. The van der Waals surface area contributed by atoms with Gasteiger partial charge in [-0.1, -0.05) is 12.8 Å². The molecule has 8 nitrogen and oxygen atoms in total.